The number of hydrogen-bond donors (Lipinski definition) is 1. The first-order chi connectivity index (χ1) is 12.9. The molecule has 4 rings (SSSR count). The van der Waals surface area contributed by atoms with Crippen LogP contribution < -0.4 is 10.2 Å². The van der Waals surface area contributed by atoms with Crippen LogP contribution in [0.1, 0.15) is 29.7 Å². The van der Waals surface area contributed by atoms with Crippen LogP contribution in [0.4, 0.5) is 5.69 Å². The van der Waals surface area contributed by atoms with Gasteiger partial charge in [0.15, 0.2) is 0 Å². The molecule has 1 amide bonds. The summed E-state index contributed by atoms with van der Waals surface area (Å²) in [5, 5.41) is 3.57. The fraction of sp³-hybridized carbons (Fsp3) is 0.364. The van der Waals surface area contributed by atoms with Crippen LogP contribution in [0.15, 0.2) is 48.5 Å². The van der Waals surface area contributed by atoms with E-state index >= 15 is 0 Å². The van der Waals surface area contributed by atoms with Crippen molar-refractivity contribution >= 4 is 17.6 Å². The molecule has 4 atom stereocenters. The van der Waals surface area contributed by atoms with Gasteiger partial charge in [0.2, 0.25) is 0 Å². The lowest BCUT2D eigenvalue weighted by molar-refractivity contribution is -0.147. The van der Waals surface area contributed by atoms with Gasteiger partial charge in [-0.15, -0.1) is 0 Å². The molecule has 1 N–H and O–H groups in total. The summed E-state index contributed by atoms with van der Waals surface area (Å²) in [5.41, 5.74) is 2.96. The summed E-state index contributed by atoms with van der Waals surface area (Å²) in [6, 6.07) is 15.6. The predicted octanol–water partition coefficient (Wildman–Crippen LogP) is 2.94. The third-order valence-electron chi connectivity index (χ3n) is 6.18. The van der Waals surface area contributed by atoms with Crippen molar-refractivity contribution in [1.82, 2.24) is 5.32 Å². The van der Waals surface area contributed by atoms with E-state index in [4.69, 9.17) is 4.74 Å². The zero-order valence-electron chi connectivity index (χ0n) is 16.0. The van der Waals surface area contributed by atoms with Crippen LogP contribution in [-0.4, -0.2) is 26.0 Å². The van der Waals surface area contributed by atoms with Gasteiger partial charge in [-0.25, -0.2) is 0 Å². The largest absolute Gasteiger partial charge is 0.469 e. The standard InChI is InChI=1S/C22H24N2O3/c1-13-10-11-17-16(12-13)22(21(26)24(17)3)14(2)18(20(25)27-4)19(23-22)15-8-6-5-7-9-15/h5-12,14,18-19,23H,1-4H3/t14-,18-,19-,22-/m0/s1. The molecular formula is C22H24N2O3. The number of carbonyl (C=O) groups is 2. The Morgan fingerprint density at radius 2 is 1.89 bits per heavy atom. The van der Waals surface area contributed by atoms with Gasteiger partial charge in [0, 0.05) is 30.3 Å². The molecule has 27 heavy (non-hydrogen) atoms. The van der Waals surface area contributed by atoms with Gasteiger partial charge in [0.1, 0.15) is 5.54 Å². The Morgan fingerprint density at radius 1 is 1.19 bits per heavy atom. The predicted molar refractivity (Wildman–Crippen MR) is 103 cm³/mol. The van der Waals surface area contributed by atoms with Crippen LogP contribution in [0.25, 0.3) is 0 Å². The number of nitrogens with one attached hydrogen (secondary N) is 1. The van der Waals surface area contributed by atoms with E-state index in [1.165, 1.54) is 7.11 Å². The Balaban J connectivity index is 1.91. The first-order valence-corrected chi connectivity index (χ1v) is 9.21. The van der Waals surface area contributed by atoms with Crippen LogP contribution in [0, 0.1) is 18.8 Å². The molecule has 1 saturated heterocycles. The average Bonchev–Trinajstić information content (AvgIpc) is 3.10. The van der Waals surface area contributed by atoms with E-state index in [0.717, 1.165) is 22.4 Å². The number of methoxy groups -OCH3 is 1. The lowest BCUT2D eigenvalue weighted by atomic mass is 9.75. The highest BCUT2D eigenvalue weighted by Crippen LogP contribution is 2.54. The SMILES string of the molecule is COC(=O)[C@@H]1[C@H](c2ccccc2)N[C@@]2(C(=O)N(C)c3ccc(C)cc32)[C@H]1C. The first-order valence-electron chi connectivity index (χ1n) is 9.21. The van der Waals surface area contributed by atoms with Crippen molar-refractivity contribution in [2.45, 2.75) is 25.4 Å². The van der Waals surface area contributed by atoms with Crippen LogP contribution in [0.5, 0.6) is 0 Å². The minimum Gasteiger partial charge on any atom is -0.469 e. The van der Waals surface area contributed by atoms with Gasteiger partial charge < -0.3 is 9.64 Å². The maximum atomic E-state index is 13.5. The molecule has 1 fully saturated rings. The number of carbonyl (C=O) groups excluding carboxylic acids is 2. The highest BCUT2D eigenvalue weighted by molar-refractivity contribution is 6.08. The summed E-state index contributed by atoms with van der Waals surface area (Å²) in [4.78, 5) is 27.9. The van der Waals surface area contributed by atoms with E-state index in [2.05, 4.69) is 11.4 Å². The lowest BCUT2D eigenvalue weighted by Gasteiger charge is -2.29. The minimum absolute atomic E-state index is 0.0251. The normalized spacial score (nSPS) is 29.3. The van der Waals surface area contributed by atoms with Crippen molar-refractivity contribution < 1.29 is 14.3 Å². The van der Waals surface area contributed by atoms with E-state index in [1.807, 2.05) is 56.3 Å². The summed E-state index contributed by atoms with van der Waals surface area (Å²) in [5.74, 6) is -1.03. The third kappa shape index (κ3) is 2.34. The molecule has 2 aromatic carbocycles. The Hall–Kier alpha value is -2.66. The molecule has 0 aromatic heterocycles. The van der Waals surface area contributed by atoms with Crippen LogP contribution >= 0.6 is 0 Å². The molecule has 0 bridgehead atoms. The summed E-state index contributed by atoms with van der Waals surface area (Å²) in [6.07, 6.45) is 0. The number of likely N-dealkylation sites (N-methyl/N-ethyl adjacent to an activating group) is 1. The Labute approximate surface area is 159 Å². The van der Waals surface area contributed by atoms with Crippen LogP contribution in [0.3, 0.4) is 0 Å². The van der Waals surface area contributed by atoms with Crippen molar-refractivity contribution in [1.29, 1.82) is 0 Å². The number of aryl methyl sites for hydroxylation is 1. The molecule has 2 aliphatic heterocycles. The highest BCUT2D eigenvalue weighted by Gasteiger charge is 2.63. The molecular weight excluding hydrogens is 340 g/mol. The second kappa shape index (κ2) is 6.20. The van der Waals surface area contributed by atoms with E-state index in [0.29, 0.717) is 0 Å². The number of nitrogens with zero attached hydrogens (tertiary/aromatic N) is 1. The zero-order chi connectivity index (χ0) is 19.3. The lowest BCUT2D eigenvalue weighted by Crippen LogP contribution is -2.50. The van der Waals surface area contributed by atoms with Crippen molar-refractivity contribution in [2.75, 3.05) is 19.1 Å². The Kier molecular flexibility index (Phi) is 4.07. The molecule has 140 valence electrons. The van der Waals surface area contributed by atoms with Gasteiger partial charge in [-0.2, -0.15) is 0 Å². The number of rotatable bonds is 2. The quantitative estimate of drug-likeness (QED) is 0.833. The molecule has 0 saturated carbocycles. The van der Waals surface area contributed by atoms with Gasteiger partial charge in [-0.1, -0.05) is 55.0 Å². The first kappa shape index (κ1) is 17.7. The van der Waals surface area contributed by atoms with Gasteiger partial charge in [-0.05, 0) is 18.6 Å². The number of fused-ring (bicyclic) bond motifs is 2. The van der Waals surface area contributed by atoms with Gasteiger partial charge in [0.25, 0.3) is 5.91 Å². The topological polar surface area (TPSA) is 58.6 Å². The molecule has 5 nitrogen and oxygen atoms in total. The molecule has 5 heteroatoms. The highest BCUT2D eigenvalue weighted by atomic mass is 16.5. The number of amides is 1. The van der Waals surface area contributed by atoms with Crippen LogP contribution in [-0.2, 0) is 19.9 Å². The second-order valence-electron chi connectivity index (χ2n) is 7.56. The Bertz CT molecular complexity index is 911. The third-order valence-corrected chi connectivity index (χ3v) is 6.18. The molecule has 0 radical (unpaired) electrons. The average molecular weight is 364 g/mol. The van der Waals surface area contributed by atoms with Crippen molar-refractivity contribution in [3.63, 3.8) is 0 Å². The summed E-state index contributed by atoms with van der Waals surface area (Å²) in [6.45, 7) is 3.99. The van der Waals surface area contributed by atoms with E-state index in [9.17, 15) is 9.59 Å². The number of anilines is 1. The molecule has 2 aliphatic rings. The monoisotopic (exact) mass is 364 g/mol. The molecule has 2 heterocycles. The van der Waals surface area contributed by atoms with Crippen molar-refractivity contribution in [2.24, 2.45) is 11.8 Å². The molecule has 1 spiro atoms. The smallest absolute Gasteiger partial charge is 0.310 e. The van der Waals surface area contributed by atoms with Gasteiger partial charge >= 0.3 is 5.97 Å². The number of benzene rings is 2. The van der Waals surface area contributed by atoms with Crippen LogP contribution in [0.2, 0.25) is 0 Å². The Morgan fingerprint density at radius 3 is 2.56 bits per heavy atom. The number of hydrogen-bond acceptors (Lipinski definition) is 4. The zero-order valence-corrected chi connectivity index (χ0v) is 16.0. The van der Waals surface area contributed by atoms with Gasteiger partial charge in [-0.3, -0.25) is 14.9 Å². The maximum Gasteiger partial charge on any atom is 0.310 e. The van der Waals surface area contributed by atoms with E-state index in [1.54, 1.807) is 11.9 Å². The number of ether oxygens (including phenoxy) is 1. The van der Waals surface area contributed by atoms with E-state index in [-0.39, 0.29) is 23.8 Å². The number of esters is 1. The molecule has 0 aliphatic carbocycles. The maximum absolute atomic E-state index is 13.5. The molecule has 0 unspecified atom stereocenters. The summed E-state index contributed by atoms with van der Waals surface area (Å²) < 4.78 is 5.13. The summed E-state index contributed by atoms with van der Waals surface area (Å²) >= 11 is 0. The van der Waals surface area contributed by atoms with Gasteiger partial charge in [0.05, 0.1) is 13.0 Å². The molecule has 2 aromatic rings. The van der Waals surface area contributed by atoms with Crippen molar-refractivity contribution in [3.8, 4) is 0 Å². The fourth-order valence-electron chi connectivity index (χ4n) is 4.78. The van der Waals surface area contributed by atoms with E-state index < -0.39 is 11.5 Å². The van der Waals surface area contributed by atoms with Crippen molar-refractivity contribution in [3.05, 3.63) is 65.2 Å². The second-order valence-corrected chi connectivity index (χ2v) is 7.56. The minimum atomic E-state index is -0.935. The summed E-state index contributed by atoms with van der Waals surface area (Å²) in [7, 11) is 3.20. The fourth-order valence-corrected chi connectivity index (χ4v) is 4.78.